The van der Waals surface area contributed by atoms with Crippen molar-refractivity contribution in [1.82, 2.24) is 4.98 Å². The number of carbonyl (C=O) groups is 1. The van der Waals surface area contributed by atoms with Crippen LogP contribution in [0.4, 0.5) is 10.2 Å². The molecule has 1 atom stereocenters. The van der Waals surface area contributed by atoms with E-state index in [1.807, 2.05) is 24.3 Å². The van der Waals surface area contributed by atoms with E-state index in [9.17, 15) is 9.18 Å². The molecule has 0 saturated carbocycles. The fourth-order valence-electron chi connectivity index (χ4n) is 2.27. The fourth-order valence-corrected chi connectivity index (χ4v) is 2.27. The molecule has 1 N–H and O–H groups in total. The molecule has 1 aromatic carbocycles. The van der Waals surface area contributed by atoms with Crippen molar-refractivity contribution in [3.8, 4) is 0 Å². The van der Waals surface area contributed by atoms with Crippen molar-refractivity contribution in [3.05, 3.63) is 59.5 Å². The van der Waals surface area contributed by atoms with E-state index >= 15 is 0 Å². The van der Waals surface area contributed by atoms with Crippen molar-refractivity contribution in [2.45, 2.75) is 12.5 Å². The zero-order valence-electron chi connectivity index (χ0n) is 10.7. The highest BCUT2D eigenvalue weighted by Gasteiger charge is 2.27. The van der Waals surface area contributed by atoms with E-state index in [0.29, 0.717) is 6.61 Å². The van der Waals surface area contributed by atoms with Gasteiger partial charge in [-0.25, -0.2) is 9.37 Å². The molecule has 0 aliphatic carbocycles. The van der Waals surface area contributed by atoms with Gasteiger partial charge in [0.15, 0.2) is 17.7 Å². The number of amides is 1. The Morgan fingerprint density at radius 2 is 2.15 bits per heavy atom. The highest BCUT2D eigenvalue weighted by molar-refractivity contribution is 5.94. The number of pyridine rings is 1. The number of fused-ring (bicyclic) bond motifs is 1. The Kier molecular flexibility index (Phi) is 3.43. The van der Waals surface area contributed by atoms with Gasteiger partial charge in [0.25, 0.3) is 5.91 Å². The third-order valence-electron chi connectivity index (χ3n) is 3.23. The van der Waals surface area contributed by atoms with E-state index in [1.165, 1.54) is 18.3 Å². The van der Waals surface area contributed by atoms with Crippen LogP contribution in [0.25, 0.3) is 0 Å². The van der Waals surface area contributed by atoms with Gasteiger partial charge in [0.1, 0.15) is 0 Å². The second kappa shape index (κ2) is 5.38. The Morgan fingerprint density at radius 3 is 3.00 bits per heavy atom. The summed E-state index contributed by atoms with van der Waals surface area (Å²) in [5, 5.41) is 2.47. The molecule has 1 unspecified atom stereocenters. The van der Waals surface area contributed by atoms with Crippen LogP contribution in [-0.2, 0) is 16.0 Å². The number of halogens is 1. The first-order valence-electron chi connectivity index (χ1n) is 6.36. The number of anilines is 1. The van der Waals surface area contributed by atoms with E-state index in [1.54, 1.807) is 0 Å². The Bertz CT molecular complexity index is 645. The van der Waals surface area contributed by atoms with E-state index in [4.69, 9.17) is 4.74 Å². The van der Waals surface area contributed by atoms with E-state index < -0.39 is 17.8 Å². The zero-order valence-corrected chi connectivity index (χ0v) is 10.7. The van der Waals surface area contributed by atoms with Crippen LogP contribution in [0.3, 0.4) is 0 Å². The second-order valence-corrected chi connectivity index (χ2v) is 4.52. The number of nitrogens with one attached hydrogen (secondary N) is 1. The largest absolute Gasteiger partial charge is 0.363 e. The minimum absolute atomic E-state index is 0.0795. The van der Waals surface area contributed by atoms with Gasteiger partial charge in [0.2, 0.25) is 0 Å². The van der Waals surface area contributed by atoms with Crippen LogP contribution in [0, 0.1) is 5.82 Å². The molecule has 1 amide bonds. The molecule has 4 nitrogen and oxygen atoms in total. The number of aromatic nitrogens is 1. The Hall–Kier alpha value is -2.27. The molecule has 1 aromatic heterocycles. The lowest BCUT2D eigenvalue weighted by molar-refractivity contribution is -0.128. The van der Waals surface area contributed by atoms with Crippen LogP contribution < -0.4 is 5.32 Å². The Balaban J connectivity index is 1.84. The van der Waals surface area contributed by atoms with Gasteiger partial charge in [-0.3, -0.25) is 4.79 Å². The van der Waals surface area contributed by atoms with Gasteiger partial charge in [-0.1, -0.05) is 24.3 Å². The van der Waals surface area contributed by atoms with Gasteiger partial charge in [-0.15, -0.1) is 0 Å². The van der Waals surface area contributed by atoms with Gasteiger partial charge in [0.05, 0.1) is 6.61 Å². The molecular weight excluding hydrogens is 259 g/mol. The van der Waals surface area contributed by atoms with Crippen molar-refractivity contribution in [3.63, 3.8) is 0 Å². The molecule has 0 bridgehead atoms. The molecule has 5 heteroatoms. The van der Waals surface area contributed by atoms with Crippen molar-refractivity contribution >= 4 is 11.7 Å². The van der Waals surface area contributed by atoms with E-state index in [2.05, 4.69) is 10.3 Å². The average Bonchev–Trinajstić information content (AvgIpc) is 2.49. The molecule has 20 heavy (non-hydrogen) atoms. The zero-order chi connectivity index (χ0) is 13.9. The number of hydrogen-bond donors (Lipinski definition) is 1. The smallest absolute Gasteiger partial charge is 0.259 e. The summed E-state index contributed by atoms with van der Waals surface area (Å²) in [6.45, 7) is 0.472. The molecule has 1 aliphatic heterocycles. The van der Waals surface area contributed by atoms with Gasteiger partial charge in [-0.2, -0.15) is 0 Å². The highest BCUT2D eigenvalue weighted by atomic mass is 19.1. The number of carbonyl (C=O) groups excluding carboxylic acids is 1. The molecule has 1 aliphatic rings. The standard InChI is InChI=1S/C15H13FN2O2/c16-12-6-3-8-17-14(12)18-15(19)13-11-5-2-1-4-10(11)7-9-20-13/h1-6,8,13H,7,9H2,(H,17,18,19). The first-order chi connectivity index (χ1) is 9.75. The van der Waals surface area contributed by atoms with Crippen LogP contribution >= 0.6 is 0 Å². The predicted molar refractivity (Wildman–Crippen MR) is 71.7 cm³/mol. The molecule has 3 rings (SSSR count). The summed E-state index contributed by atoms with van der Waals surface area (Å²) in [6, 6.07) is 10.3. The molecule has 2 aromatic rings. The fraction of sp³-hybridized carbons (Fsp3) is 0.200. The third kappa shape index (κ3) is 2.40. The number of benzene rings is 1. The van der Waals surface area contributed by atoms with Gasteiger partial charge in [-0.05, 0) is 29.7 Å². The summed E-state index contributed by atoms with van der Waals surface area (Å²) in [6.07, 6.45) is 1.48. The molecule has 0 radical (unpaired) electrons. The molecule has 0 fully saturated rings. The summed E-state index contributed by atoms with van der Waals surface area (Å²) in [5.74, 6) is -1.05. The minimum Gasteiger partial charge on any atom is -0.363 e. The maximum absolute atomic E-state index is 13.5. The Morgan fingerprint density at radius 1 is 1.30 bits per heavy atom. The van der Waals surface area contributed by atoms with Crippen molar-refractivity contribution < 1.29 is 13.9 Å². The van der Waals surface area contributed by atoms with Crippen LogP contribution in [-0.4, -0.2) is 17.5 Å². The highest BCUT2D eigenvalue weighted by Crippen LogP contribution is 2.28. The lowest BCUT2D eigenvalue weighted by atomic mass is 9.97. The monoisotopic (exact) mass is 272 g/mol. The number of hydrogen-bond acceptors (Lipinski definition) is 3. The molecule has 2 heterocycles. The molecule has 102 valence electrons. The lowest BCUT2D eigenvalue weighted by Gasteiger charge is -2.25. The van der Waals surface area contributed by atoms with E-state index in [-0.39, 0.29) is 5.82 Å². The third-order valence-corrected chi connectivity index (χ3v) is 3.23. The van der Waals surface area contributed by atoms with Crippen LogP contribution in [0.1, 0.15) is 17.2 Å². The van der Waals surface area contributed by atoms with Gasteiger partial charge in [0, 0.05) is 6.20 Å². The first-order valence-corrected chi connectivity index (χ1v) is 6.36. The normalized spacial score (nSPS) is 17.4. The Labute approximate surface area is 115 Å². The summed E-state index contributed by atoms with van der Waals surface area (Å²) < 4.78 is 19.0. The summed E-state index contributed by atoms with van der Waals surface area (Å²) >= 11 is 0. The summed E-state index contributed by atoms with van der Waals surface area (Å²) in [7, 11) is 0. The van der Waals surface area contributed by atoms with Crippen LogP contribution in [0.15, 0.2) is 42.6 Å². The maximum atomic E-state index is 13.5. The number of nitrogens with zero attached hydrogens (tertiary/aromatic N) is 1. The van der Waals surface area contributed by atoms with Crippen LogP contribution in [0.5, 0.6) is 0 Å². The SMILES string of the molecule is O=C(Nc1ncccc1F)C1OCCc2ccccc21. The lowest BCUT2D eigenvalue weighted by Crippen LogP contribution is -2.28. The quantitative estimate of drug-likeness (QED) is 0.913. The average molecular weight is 272 g/mol. The van der Waals surface area contributed by atoms with E-state index in [0.717, 1.165) is 17.5 Å². The van der Waals surface area contributed by atoms with Gasteiger partial charge < -0.3 is 10.1 Å². The summed E-state index contributed by atoms with van der Waals surface area (Å²) in [5.41, 5.74) is 1.91. The predicted octanol–water partition coefficient (Wildman–Crippen LogP) is 2.47. The first kappa shape index (κ1) is 12.7. The topological polar surface area (TPSA) is 51.2 Å². The van der Waals surface area contributed by atoms with Crippen molar-refractivity contribution in [2.24, 2.45) is 0 Å². The minimum atomic E-state index is -0.721. The molecule has 0 saturated heterocycles. The number of rotatable bonds is 2. The van der Waals surface area contributed by atoms with Crippen LogP contribution in [0.2, 0.25) is 0 Å². The van der Waals surface area contributed by atoms with Gasteiger partial charge >= 0.3 is 0 Å². The molecular formula is C15H13FN2O2. The molecule has 0 spiro atoms. The number of ether oxygens (including phenoxy) is 1. The second-order valence-electron chi connectivity index (χ2n) is 4.52. The maximum Gasteiger partial charge on any atom is 0.259 e. The van der Waals surface area contributed by atoms with Crippen molar-refractivity contribution in [1.29, 1.82) is 0 Å². The summed E-state index contributed by atoms with van der Waals surface area (Å²) in [4.78, 5) is 16.0. The van der Waals surface area contributed by atoms with Crippen molar-refractivity contribution in [2.75, 3.05) is 11.9 Å².